The molecule has 0 saturated heterocycles. The van der Waals surface area contributed by atoms with Crippen LogP contribution in [0.5, 0.6) is 0 Å². The van der Waals surface area contributed by atoms with Gasteiger partial charge in [0, 0.05) is 18.9 Å². The Morgan fingerprint density at radius 2 is 2.43 bits per heavy atom. The fraction of sp³-hybridized carbons (Fsp3) is 0.533. The molecule has 5 nitrogen and oxygen atoms in total. The highest BCUT2D eigenvalue weighted by Crippen LogP contribution is 2.32. The van der Waals surface area contributed by atoms with E-state index in [1.54, 1.807) is 11.3 Å². The van der Waals surface area contributed by atoms with Gasteiger partial charge in [-0.15, -0.1) is 11.3 Å². The van der Waals surface area contributed by atoms with Crippen LogP contribution in [-0.4, -0.2) is 22.1 Å². The lowest BCUT2D eigenvalue weighted by Gasteiger charge is -2.12. The number of aryl methyl sites for hydroxylation is 1. The molecule has 0 radical (unpaired) electrons. The lowest BCUT2D eigenvalue weighted by atomic mass is 10.2. The lowest BCUT2D eigenvalue weighted by molar-refractivity contribution is -0.121. The topological polar surface area (TPSA) is 68.0 Å². The van der Waals surface area contributed by atoms with Crippen LogP contribution in [-0.2, 0) is 11.2 Å². The molecule has 6 heteroatoms. The lowest BCUT2D eigenvalue weighted by Crippen LogP contribution is -2.33. The molecule has 1 aliphatic rings. The highest BCUT2D eigenvalue weighted by Gasteiger charge is 2.28. The van der Waals surface area contributed by atoms with Gasteiger partial charge in [-0.2, -0.15) is 4.98 Å². The Morgan fingerprint density at radius 1 is 1.57 bits per heavy atom. The van der Waals surface area contributed by atoms with Crippen LogP contribution in [0.2, 0.25) is 0 Å². The minimum absolute atomic E-state index is 0.118. The van der Waals surface area contributed by atoms with Crippen LogP contribution < -0.4 is 5.32 Å². The first-order valence-electron chi connectivity index (χ1n) is 7.38. The first kappa shape index (κ1) is 14.3. The number of amides is 1. The third-order valence-corrected chi connectivity index (χ3v) is 4.59. The number of rotatable bonds is 7. The maximum absolute atomic E-state index is 11.8. The van der Waals surface area contributed by atoms with Crippen molar-refractivity contribution in [3.8, 4) is 10.7 Å². The van der Waals surface area contributed by atoms with Gasteiger partial charge < -0.3 is 9.84 Å². The quantitative estimate of drug-likeness (QED) is 0.853. The van der Waals surface area contributed by atoms with Gasteiger partial charge in [0.1, 0.15) is 0 Å². The Bertz CT molecular complexity index is 590. The third-order valence-electron chi connectivity index (χ3n) is 3.72. The zero-order valence-electron chi connectivity index (χ0n) is 12.0. The number of nitrogens with zero attached hydrogens (tertiary/aromatic N) is 2. The summed E-state index contributed by atoms with van der Waals surface area (Å²) < 4.78 is 5.21. The molecule has 0 aromatic carbocycles. The van der Waals surface area contributed by atoms with Crippen molar-refractivity contribution in [2.24, 2.45) is 5.92 Å². The van der Waals surface area contributed by atoms with E-state index in [4.69, 9.17) is 4.52 Å². The minimum atomic E-state index is 0.118. The fourth-order valence-electron chi connectivity index (χ4n) is 2.30. The van der Waals surface area contributed by atoms with Gasteiger partial charge in [-0.1, -0.05) is 11.2 Å². The summed E-state index contributed by atoms with van der Waals surface area (Å²) in [5, 5.41) is 8.99. The molecule has 0 spiro atoms. The standard InChI is InChI=1S/C15H19N3O2S/c1-10(11-7-8-11)16-13(19)5-2-6-14-17-15(18-20-14)12-4-3-9-21-12/h3-4,9-11H,2,5-8H2,1H3,(H,16,19)/t10-/m1/s1. The van der Waals surface area contributed by atoms with Gasteiger partial charge in [-0.25, -0.2) is 0 Å². The number of nitrogens with one attached hydrogen (secondary N) is 1. The van der Waals surface area contributed by atoms with E-state index in [0.717, 1.165) is 11.3 Å². The molecule has 112 valence electrons. The van der Waals surface area contributed by atoms with Crippen molar-refractivity contribution in [2.45, 2.75) is 45.1 Å². The molecule has 0 unspecified atom stereocenters. The summed E-state index contributed by atoms with van der Waals surface area (Å²) in [6.45, 7) is 2.08. The SMILES string of the molecule is C[C@@H](NC(=O)CCCc1nc(-c2cccs2)no1)C1CC1. The van der Waals surface area contributed by atoms with Gasteiger partial charge >= 0.3 is 0 Å². The molecular formula is C15H19N3O2S. The zero-order chi connectivity index (χ0) is 14.7. The number of thiophene rings is 1. The largest absolute Gasteiger partial charge is 0.353 e. The second-order valence-electron chi connectivity index (χ2n) is 5.54. The minimum Gasteiger partial charge on any atom is -0.353 e. The number of hydrogen-bond acceptors (Lipinski definition) is 5. The van der Waals surface area contributed by atoms with Gasteiger partial charge in [0.25, 0.3) is 0 Å². The second-order valence-corrected chi connectivity index (χ2v) is 6.48. The average Bonchev–Trinajstić information content (AvgIpc) is 2.98. The average molecular weight is 305 g/mol. The van der Waals surface area contributed by atoms with E-state index in [2.05, 4.69) is 22.4 Å². The molecule has 2 aromatic rings. The van der Waals surface area contributed by atoms with Crippen molar-refractivity contribution >= 4 is 17.2 Å². The van der Waals surface area contributed by atoms with E-state index in [0.29, 0.717) is 36.5 Å². The van der Waals surface area contributed by atoms with Gasteiger partial charge in [0.15, 0.2) is 0 Å². The van der Waals surface area contributed by atoms with Crippen molar-refractivity contribution in [3.63, 3.8) is 0 Å². The van der Waals surface area contributed by atoms with E-state index < -0.39 is 0 Å². The number of carbonyl (C=O) groups excluding carboxylic acids is 1. The van der Waals surface area contributed by atoms with Crippen molar-refractivity contribution in [3.05, 3.63) is 23.4 Å². The molecule has 1 amide bonds. The highest BCUT2D eigenvalue weighted by atomic mass is 32.1. The van der Waals surface area contributed by atoms with Crippen LogP contribution in [0.4, 0.5) is 0 Å². The highest BCUT2D eigenvalue weighted by molar-refractivity contribution is 7.13. The Labute approximate surface area is 127 Å². The Hall–Kier alpha value is -1.69. The summed E-state index contributed by atoms with van der Waals surface area (Å²) in [5.74, 6) is 2.04. The van der Waals surface area contributed by atoms with Gasteiger partial charge in [0.05, 0.1) is 4.88 Å². The molecule has 1 fully saturated rings. The van der Waals surface area contributed by atoms with Crippen LogP contribution in [0.3, 0.4) is 0 Å². The summed E-state index contributed by atoms with van der Waals surface area (Å²) in [6.07, 6.45) is 4.37. The van der Waals surface area contributed by atoms with Gasteiger partial charge in [-0.3, -0.25) is 4.79 Å². The predicted octanol–water partition coefficient (Wildman–Crippen LogP) is 3.04. The zero-order valence-corrected chi connectivity index (χ0v) is 12.9. The molecule has 0 aliphatic heterocycles. The van der Waals surface area contributed by atoms with Crippen molar-refractivity contribution < 1.29 is 9.32 Å². The Balaban J connectivity index is 1.42. The molecule has 3 rings (SSSR count). The van der Waals surface area contributed by atoms with Gasteiger partial charge in [0.2, 0.25) is 17.6 Å². The van der Waals surface area contributed by atoms with Crippen LogP contribution in [0.1, 0.15) is 38.5 Å². The summed E-state index contributed by atoms with van der Waals surface area (Å²) in [5.41, 5.74) is 0. The van der Waals surface area contributed by atoms with Crippen molar-refractivity contribution in [1.82, 2.24) is 15.5 Å². The summed E-state index contributed by atoms with van der Waals surface area (Å²) in [7, 11) is 0. The van der Waals surface area contributed by atoms with Crippen LogP contribution in [0, 0.1) is 5.92 Å². The van der Waals surface area contributed by atoms with Crippen molar-refractivity contribution in [2.75, 3.05) is 0 Å². The third kappa shape index (κ3) is 3.91. The number of carbonyl (C=O) groups is 1. The van der Waals surface area contributed by atoms with E-state index in [1.165, 1.54) is 12.8 Å². The smallest absolute Gasteiger partial charge is 0.226 e. The summed E-state index contributed by atoms with van der Waals surface area (Å²) >= 11 is 1.58. The molecule has 1 aliphatic carbocycles. The number of hydrogen-bond donors (Lipinski definition) is 1. The van der Waals surface area contributed by atoms with Gasteiger partial charge in [-0.05, 0) is 43.6 Å². The second kappa shape index (κ2) is 6.39. The van der Waals surface area contributed by atoms with E-state index in [1.807, 2.05) is 17.5 Å². The molecule has 1 saturated carbocycles. The summed E-state index contributed by atoms with van der Waals surface area (Å²) in [4.78, 5) is 17.1. The maximum atomic E-state index is 11.8. The Kier molecular flexibility index (Phi) is 4.34. The fourth-order valence-corrected chi connectivity index (χ4v) is 2.95. The summed E-state index contributed by atoms with van der Waals surface area (Å²) in [6, 6.07) is 4.24. The molecule has 21 heavy (non-hydrogen) atoms. The molecule has 1 N–H and O–H groups in total. The van der Waals surface area contributed by atoms with Crippen LogP contribution in [0.25, 0.3) is 10.7 Å². The van der Waals surface area contributed by atoms with E-state index in [9.17, 15) is 4.79 Å². The van der Waals surface area contributed by atoms with E-state index >= 15 is 0 Å². The molecule has 2 heterocycles. The Morgan fingerprint density at radius 3 is 3.14 bits per heavy atom. The van der Waals surface area contributed by atoms with Crippen molar-refractivity contribution in [1.29, 1.82) is 0 Å². The van der Waals surface area contributed by atoms with Crippen LogP contribution in [0.15, 0.2) is 22.0 Å². The van der Waals surface area contributed by atoms with E-state index in [-0.39, 0.29) is 5.91 Å². The monoisotopic (exact) mass is 305 g/mol. The molecular weight excluding hydrogens is 286 g/mol. The molecule has 2 aromatic heterocycles. The predicted molar refractivity (Wildman–Crippen MR) is 80.9 cm³/mol. The molecule has 1 atom stereocenters. The first-order valence-corrected chi connectivity index (χ1v) is 8.26. The first-order chi connectivity index (χ1) is 10.2. The molecule has 0 bridgehead atoms. The normalized spacial score (nSPS) is 15.9. The maximum Gasteiger partial charge on any atom is 0.226 e. The number of aromatic nitrogens is 2. The van der Waals surface area contributed by atoms with Crippen LogP contribution >= 0.6 is 11.3 Å².